The molecule has 1 amide bonds. The van der Waals surface area contributed by atoms with Crippen LogP contribution in [0.4, 0.5) is 17.1 Å². The molecule has 178 valence electrons. The van der Waals surface area contributed by atoms with E-state index in [1.807, 2.05) is 26.0 Å². The first-order valence-electron chi connectivity index (χ1n) is 10.7. The van der Waals surface area contributed by atoms with Gasteiger partial charge in [-0.3, -0.25) is 14.9 Å². The minimum absolute atomic E-state index is 0.0252. The molecule has 2 aromatic rings. The molecular weight excluding hydrogens is 448 g/mol. The molecule has 11 heteroatoms. The van der Waals surface area contributed by atoms with E-state index in [0.29, 0.717) is 18.9 Å². The van der Waals surface area contributed by atoms with Gasteiger partial charge in [0.1, 0.15) is 6.04 Å². The second kappa shape index (κ2) is 10.7. The van der Waals surface area contributed by atoms with E-state index in [4.69, 9.17) is 4.74 Å². The van der Waals surface area contributed by atoms with Crippen LogP contribution in [0.1, 0.15) is 20.3 Å². The highest BCUT2D eigenvalue weighted by Gasteiger charge is 2.27. The Labute approximate surface area is 193 Å². The highest BCUT2D eigenvalue weighted by molar-refractivity contribution is 7.89. The largest absolute Gasteiger partial charge is 0.378 e. The molecule has 0 spiro atoms. The Bertz CT molecular complexity index is 1080. The van der Waals surface area contributed by atoms with Crippen molar-refractivity contribution in [3.8, 4) is 0 Å². The monoisotopic (exact) mass is 476 g/mol. The minimum atomic E-state index is -4.15. The van der Waals surface area contributed by atoms with Crippen LogP contribution in [0, 0.1) is 16.0 Å². The van der Waals surface area contributed by atoms with Gasteiger partial charge in [-0.1, -0.05) is 19.9 Å². The first-order valence-corrected chi connectivity index (χ1v) is 12.1. The van der Waals surface area contributed by atoms with Crippen molar-refractivity contribution in [1.82, 2.24) is 4.72 Å². The third-order valence-corrected chi connectivity index (χ3v) is 6.64. The number of non-ortho nitro benzene ring substituents is 1. The van der Waals surface area contributed by atoms with Crippen LogP contribution in [-0.4, -0.2) is 51.6 Å². The van der Waals surface area contributed by atoms with Gasteiger partial charge in [0.25, 0.3) is 5.69 Å². The lowest BCUT2D eigenvalue weighted by atomic mass is 10.0. The zero-order chi connectivity index (χ0) is 24.0. The molecule has 2 aromatic carbocycles. The van der Waals surface area contributed by atoms with Crippen molar-refractivity contribution >= 4 is 33.0 Å². The zero-order valence-corrected chi connectivity index (χ0v) is 19.4. The molecule has 0 unspecified atom stereocenters. The van der Waals surface area contributed by atoms with Crippen LogP contribution in [0.2, 0.25) is 0 Å². The minimum Gasteiger partial charge on any atom is -0.378 e. The number of hydrogen-bond acceptors (Lipinski definition) is 7. The molecule has 0 aliphatic carbocycles. The van der Waals surface area contributed by atoms with Gasteiger partial charge in [-0.05, 0) is 42.7 Å². The summed E-state index contributed by atoms with van der Waals surface area (Å²) >= 11 is 0. The molecule has 1 aliphatic rings. The Morgan fingerprint density at radius 2 is 1.82 bits per heavy atom. The molecule has 1 atom stereocenters. The summed E-state index contributed by atoms with van der Waals surface area (Å²) in [5.41, 5.74) is 1.21. The van der Waals surface area contributed by atoms with Crippen LogP contribution in [-0.2, 0) is 19.6 Å². The van der Waals surface area contributed by atoms with E-state index < -0.39 is 26.9 Å². The average molecular weight is 477 g/mol. The number of nitrogens with one attached hydrogen (secondary N) is 2. The van der Waals surface area contributed by atoms with Gasteiger partial charge in [-0.25, -0.2) is 8.42 Å². The molecule has 0 aromatic heterocycles. The second-order valence-corrected chi connectivity index (χ2v) is 9.91. The van der Waals surface area contributed by atoms with Crippen LogP contribution in [0.25, 0.3) is 0 Å². The molecule has 1 saturated heterocycles. The molecule has 0 radical (unpaired) electrons. The van der Waals surface area contributed by atoms with Gasteiger partial charge >= 0.3 is 0 Å². The van der Waals surface area contributed by atoms with Crippen LogP contribution in [0.3, 0.4) is 0 Å². The quantitative estimate of drug-likeness (QED) is 0.420. The van der Waals surface area contributed by atoms with Gasteiger partial charge in [-0.2, -0.15) is 4.72 Å². The van der Waals surface area contributed by atoms with E-state index in [0.717, 1.165) is 24.8 Å². The number of anilines is 2. The molecule has 10 nitrogen and oxygen atoms in total. The number of carbonyl (C=O) groups excluding carboxylic acids is 1. The third-order valence-electron chi connectivity index (χ3n) is 5.17. The molecule has 33 heavy (non-hydrogen) atoms. The molecule has 2 N–H and O–H groups in total. The Kier molecular flexibility index (Phi) is 8.01. The maximum Gasteiger partial charge on any atom is 0.270 e. The fourth-order valence-corrected chi connectivity index (χ4v) is 4.75. The summed E-state index contributed by atoms with van der Waals surface area (Å²) < 4.78 is 33.5. The third kappa shape index (κ3) is 6.73. The van der Waals surface area contributed by atoms with Crippen molar-refractivity contribution < 1.29 is 22.9 Å². The molecule has 0 bridgehead atoms. The number of nitrogens with zero attached hydrogens (tertiary/aromatic N) is 2. The normalized spacial score (nSPS) is 15.3. The number of nitro groups is 1. The Balaban J connectivity index is 1.73. The highest BCUT2D eigenvalue weighted by Crippen LogP contribution is 2.21. The molecular formula is C22H28N4O6S. The lowest BCUT2D eigenvalue weighted by Crippen LogP contribution is -2.44. The summed E-state index contributed by atoms with van der Waals surface area (Å²) in [6, 6.07) is 11.0. The number of hydrogen-bond donors (Lipinski definition) is 2. The van der Waals surface area contributed by atoms with E-state index in [9.17, 15) is 23.3 Å². The lowest BCUT2D eigenvalue weighted by molar-refractivity contribution is -0.385. The summed E-state index contributed by atoms with van der Waals surface area (Å²) in [4.78, 5) is 25.2. The highest BCUT2D eigenvalue weighted by atomic mass is 32.2. The van der Waals surface area contributed by atoms with E-state index in [-0.39, 0.29) is 22.9 Å². The fourth-order valence-electron chi connectivity index (χ4n) is 3.51. The predicted molar refractivity (Wildman–Crippen MR) is 125 cm³/mol. The Morgan fingerprint density at radius 1 is 1.15 bits per heavy atom. The predicted octanol–water partition coefficient (Wildman–Crippen LogP) is 2.76. The van der Waals surface area contributed by atoms with Gasteiger partial charge in [0.2, 0.25) is 15.9 Å². The summed E-state index contributed by atoms with van der Waals surface area (Å²) in [5.74, 6) is -0.478. The van der Waals surface area contributed by atoms with Crippen molar-refractivity contribution in [3.63, 3.8) is 0 Å². The van der Waals surface area contributed by atoms with Gasteiger partial charge < -0.3 is 15.0 Å². The molecule has 0 saturated carbocycles. The number of rotatable bonds is 9. The van der Waals surface area contributed by atoms with Gasteiger partial charge in [0.15, 0.2) is 0 Å². The summed E-state index contributed by atoms with van der Waals surface area (Å²) in [6.07, 6.45) is 0.256. The van der Waals surface area contributed by atoms with Crippen molar-refractivity contribution in [1.29, 1.82) is 0 Å². The Morgan fingerprint density at radius 3 is 2.42 bits per heavy atom. The van der Waals surface area contributed by atoms with Crippen LogP contribution < -0.4 is 14.9 Å². The second-order valence-electron chi connectivity index (χ2n) is 8.19. The van der Waals surface area contributed by atoms with Crippen molar-refractivity contribution in [2.24, 2.45) is 5.92 Å². The summed E-state index contributed by atoms with van der Waals surface area (Å²) in [5, 5.41) is 13.8. The standard InChI is InChI=1S/C22H28N4O6S/c1-16(2)14-21(24-33(30,31)20-5-3-4-19(15-20)26(28)29)22(27)23-17-6-8-18(9-7-17)25-10-12-32-13-11-25/h3-9,15-16,21,24H,10-14H2,1-2H3,(H,23,27)/t21-/m0/s1. The number of carbonyl (C=O) groups is 1. The molecule has 3 rings (SSSR count). The molecule has 1 heterocycles. The number of morpholine rings is 1. The molecule has 1 fully saturated rings. The van der Waals surface area contributed by atoms with Crippen molar-refractivity contribution in [3.05, 3.63) is 58.6 Å². The number of sulfonamides is 1. The van der Waals surface area contributed by atoms with Crippen molar-refractivity contribution in [2.75, 3.05) is 36.5 Å². The van der Waals surface area contributed by atoms with Gasteiger partial charge in [-0.15, -0.1) is 0 Å². The van der Waals surface area contributed by atoms with Crippen LogP contribution in [0.15, 0.2) is 53.4 Å². The molecule has 1 aliphatic heterocycles. The fraction of sp³-hybridized carbons (Fsp3) is 0.409. The van der Waals surface area contributed by atoms with E-state index in [1.165, 1.54) is 18.2 Å². The maximum atomic E-state index is 12.9. The van der Waals surface area contributed by atoms with E-state index >= 15 is 0 Å². The zero-order valence-electron chi connectivity index (χ0n) is 18.6. The number of benzene rings is 2. The van der Waals surface area contributed by atoms with Crippen LogP contribution >= 0.6 is 0 Å². The SMILES string of the molecule is CC(C)C[C@H](NS(=O)(=O)c1cccc([N+](=O)[O-])c1)C(=O)Nc1ccc(N2CCOCC2)cc1. The average Bonchev–Trinajstić information content (AvgIpc) is 2.79. The summed E-state index contributed by atoms with van der Waals surface area (Å²) in [7, 11) is -4.15. The number of nitro benzene ring substituents is 1. The topological polar surface area (TPSA) is 131 Å². The van der Waals surface area contributed by atoms with Crippen LogP contribution in [0.5, 0.6) is 0 Å². The Hall–Kier alpha value is -3.02. The van der Waals surface area contributed by atoms with E-state index in [2.05, 4.69) is 14.9 Å². The first-order chi connectivity index (χ1) is 15.7. The lowest BCUT2D eigenvalue weighted by Gasteiger charge is -2.29. The first kappa shape index (κ1) is 24.6. The number of amides is 1. The van der Waals surface area contributed by atoms with Gasteiger partial charge in [0.05, 0.1) is 23.0 Å². The van der Waals surface area contributed by atoms with Crippen molar-refractivity contribution in [2.45, 2.75) is 31.2 Å². The van der Waals surface area contributed by atoms with Gasteiger partial charge in [0, 0.05) is 36.6 Å². The number of ether oxygens (including phenoxy) is 1. The summed E-state index contributed by atoms with van der Waals surface area (Å²) in [6.45, 7) is 6.67. The maximum absolute atomic E-state index is 12.9. The van der Waals surface area contributed by atoms with E-state index in [1.54, 1.807) is 12.1 Å². The smallest absolute Gasteiger partial charge is 0.270 e.